The maximum absolute atomic E-state index is 11.9. The summed E-state index contributed by atoms with van der Waals surface area (Å²) in [4.78, 5) is 27.3. The van der Waals surface area contributed by atoms with Gasteiger partial charge in [0.25, 0.3) is 0 Å². The largest absolute Gasteiger partial charge is 0.478 e. The number of carboxylic acid groups (broad SMARTS) is 2. The molecule has 1 aliphatic heterocycles. The number of carbonyl (C=O) groups is 2. The molecule has 2 aromatic carbocycles. The minimum absolute atomic E-state index is 0.0881. The Morgan fingerprint density at radius 3 is 1.47 bits per heavy atom. The molecule has 182 valence electrons. The van der Waals surface area contributed by atoms with Crippen LogP contribution in [0.1, 0.15) is 20.7 Å². The van der Waals surface area contributed by atoms with Crippen LogP contribution in [0.2, 0.25) is 0 Å². The van der Waals surface area contributed by atoms with Crippen LogP contribution in [0.25, 0.3) is 11.4 Å². The van der Waals surface area contributed by atoms with Crippen LogP contribution in [0.3, 0.4) is 0 Å². The Morgan fingerprint density at radius 1 is 0.750 bits per heavy atom. The molecule has 0 atom stereocenters. The van der Waals surface area contributed by atoms with Gasteiger partial charge in [-0.15, -0.1) is 0 Å². The van der Waals surface area contributed by atoms with Crippen molar-refractivity contribution in [2.75, 3.05) is 22.9 Å². The Labute approximate surface area is 212 Å². The first kappa shape index (κ1) is 23.3. The first-order chi connectivity index (χ1) is 17.3. The third-order valence-corrected chi connectivity index (χ3v) is 6.03. The van der Waals surface area contributed by atoms with Crippen molar-refractivity contribution in [1.82, 2.24) is 40.4 Å². The molecule has 1 saturated heterocycles. The van der Waals surface area contributed by atoms with Crippen LogP contribution in [-0.4, -0.2) is 75.7 Å². The van der Waals surface area contributed by atoms with Crippen molar-refractivity contribution >= 4 is 47.7 Å². The number of nitrogens with one attached hydrogen (secondary N) is 2. The number of piperazine rings is 1. The summed E-state index contributed by atoms with van der Waals surface area (Å²) in [5.74, 6) is -2.19. The molecule has 0 amide bonds. The molecule has 14 nitrogen and oxygen atoms in total. The molecule has 0 bridgehead atoms. The molecular weight excluding hydrogens is 508 g/mol. The zero-order valence-electron chi connectivity index (χ0n) is 18.1. The molecular formula is C20H16N10O4S2. The molecule has 0 aliphatic carbocycles. The maximum atomic E-state index is 11.9. The second-order valence-corrected chi connectivity index (χ2v) is 8.25. The predicted molar refractivity (Wildman–Crippen MR) is 130 cm³/mol. The highest BCUT2D eigenvalue weighted by Crippen LogP contribution is 2.31. The molecule has 1 fully saturated rings. The predicted octanol–water partition coefficient (Wildman–Crippen LogP) is 2.01. The molecule has 16 heteroatoms. The number of aromatic nitrogens is 8. The van der Waals surface area contributed by atoms with Crippen molar-refractivity contribution in [2.45, 2.75) is 0 Å². The molecule has 0 saturated carbocycles. The number of tetrazole rings is 2. The maximum Gasteiger partial charge on any atom is 0.337 e. The number of anilines is 2. The molecule has 4 aromatic rings. The number of hydrogen-bond donors (Lipinski definition) is 4. The van der Waals surface area contributed by atoms with Gasteiger partial charge in [-0.3, -0.25) is 0 Å². The van der Waals surface area contributed by atoms with Gasteiger partial charge in [-0.05, 0) is 60.8 Å². The van der Waals surface area contributed by atoms with Crippen molar-refractivity contribution in [3.63, 3.8) is 0 Å². The molecule has 5 rings (SSSR count). The molecule has 0 spiro atoms. The van der Waals surface area contributed by atoms with Gasteiger partial charge in [0.1, 0.15) is 0 Å². The van der Waals surface area contributed by atoms with E-state index < -0.39 is 11.9 Å². The van der Waals surface area contributed by atoms with Crippen LogP contribution >= 0.6 is 24.4 Å². The summed E-state index contributed by atoms with van der Waals surface area (Å²) < 4.78 is 3.28. The summed E-state index contributed by atoms with van der Waals surface area (Å²) in [5, 5.41) is 39.6. The van der Waals surface area contributed by atoms with Crippen LogP contribution in [0.5, 0.6) is 0 Å². The van der Waals surface area contributed by atoms with E-state index in [1.165, 1.54) is 21.5 Å². The first-order valence-corrected chi connectivity index (χ1v) is 11.1. The molecule has 2 radical (unpaired) electrons. The van der Waals surface area contributed by atoms with Gasteiger partial charge in [-0.25, -0.2) is 19.0 Å². The fourth-order valence-electron chi connectivity index (χ4n) is 3.80. The molecule has 1 aliphatic rings. The highest BCUT2D eigenvalue weighted by atomic mass is 32.1. The van der Waals surface area contributed by atoms with E-state index in [0.717, 1.165) is 0 Å². The SMILES string of the molecule is O=C(O)c1ccc(-n2[nH]nnc2=S)cc1N1[CH]CN(c2cc(-n3[nH]nnc3=S)ccc2C(=O)O)[CH]C1. The summed E-state index contributed by atoms with van der Waals surface area (Å²) in [6, 6.07) is 9.48. The second kappa shape index (κ2) is 9.31. The fourth-order valence-corrected chi connectivity index (χ4v) is 4.18. The molecule has 0 unspecified atom stereocenters. The highest BCUT2D eigenvalue weighted by Gasteiger charge is 2.26. The number of rotatable bonds is 6. The topological polar surface area (TPSA) is 174 Å². The molecule has 2 aromatic heterocycles. The Balaban J connectivity index is 1.45. The Bertz CT molecular complexity index is 1460. The lowest BCUT2D eigenvalue weighted by Gasteiger charge is -2.37. The molecule has 4 N–H and O–H groups in total. The minimum Gasteiger partial charge on any atom is -0.478 e. The summed E-state index contributed by atoms with van der Waals surface area (Å²) in [7, 11) is 0. The van der Waals surface area contributed by atoms with E-state index in [-0.39, 0.29) is 33.8 Å². The summed E-state index contributed by atoms with van der Waals surface area (Å²) in [6.07, 6.45) is 0. The van der Waals surface area contributed by atoms with Gasteiger partial charge in [0.15, 0.2) is 0 Å². The quantitative estimate of drug-likeness (QED) is 0.271. The lowest BCUT2D eigenvalue weighted by atomic mass is 10.1. The number of aromatic amines is 2. The second-order valence-electron chi connectivity index (χ2n) is 7.52. The monoisotopic (exact) mass is 524 g/mol. The van der Waals surface area contributed by atoms with Crippen molar-refractivity contribution < 1.29 is 19.8 Å². The normalized spacial score (nSPS) is 13.7. The average Bonchev–Trinajstić information content (AvgIpc) is 3.51. The van der Waals surface area contributed by atoms with E-state index in [1.807, 2.05) is 0 Å². The van der Waals surface area contributed by atoms with Crippen LogP contribution in [0.4, 0.5) is 11.4 Å². The zero-order valence-corrected chi connectivity index (χ0v) is 19.8. The van der Waals surface area contributed by atoms with E-state index >= 15 is 0 Å². The van der Waals surface area contributed by atoms with E-state index in [1.54, 1.807) is 47.2 Å². The van der Waals surface area contributed by atoms with Gasteiger partial charge in [-0.2, -0.15) is 10.4 Å². The zero-order chi connectivity index (χ0) is 25.4. The Morgan fingerprint density at radius 2 is 1.17 bits per heavy atom. The van der Waals surface area contributed by atoms with E-state index in [9.17, 15) is 19.8 Å². The number of carboxylic acids is 2. The standard InChI is InChI=1S/C20H16N10O4S2/c31-17(32)13-3-1-11(29-19(35)21-23-25-29)9-15(13)27-5-7-28(8-6-27)16-10-12(2-4-14(16)18(33)34)30-20(36)22-24-26-30/h1-5,8-10H,6-7H2,(H,31,32)(H,33,34)(H,21,25,35)(H,22,26,36). The van der Waals surface area contributed by atoms with Crippen molar-refractivity contribution in [3.8, 4) is 11.4 Å². The molecule has 3 heterocycles. The van der Waals surface area contributed by atoms with Crippen LogP contribution in [0, 0.1) is 22.6 Å². The van der Waals surface area contributed by atoms with E-state index in [0.29, 0.717) is 22.7 Å². The first-order valence-electron chi connectivity index (χ1n) is 10.3. The molecule has 36 heavy (non-hydrogen) atoms. The number of benzene rings is 2. The van der Waals surface area contributed by atoms with Crippen molar-refractivity contribution in [3.05, 3.63) is 70.2 Å². The van der Waals surface area contributed by atoms with Gasteiger partial charge in [0, 0.05) is 13.1 Å². The van der Waals surface area contributed by atoms with E-state index in [4.69, 9.17) is 24.4 Å². The number of aromatic carboxylic acids is 2. The van der Waals surface area contributed by atoms with Gasteiger partial charge < -0.3 is 20.0 Å². The number of nitrogens with zero attached hydrogens (tertiary/aromatic N) is 8. The van der Waals surface area contributed by atoms with Gasteiger partial charge in [-0.1, -0.05) is 20.6 Å². The lowest BCUT2D eigenvalue weighted by Crippen LogP contribution is -2.41. The van der Waals surface area contributed by atoms with E-state index in [2.05, 4.69) is 31.1 Å². The van der Waals surface area contributed by atoms with Gasteiger partial charge in [0.2, 0.25) is 9.54 Å². The third kappa shape index (κ3) is 4.22. The van der Waals surface area contributed by atoms with Crippen LogP contribution in [-0.2, 0) is 0 Å². The van der Waals surface area contributed by atoms with Crippen LogP contribution < -0.4 is 9.80 Å². The third-order valence-electron chi connectivity index (χ3n) is 5.50. The smallest absolute Gasteiger partial charge is 0.337 e. The summed E-state index contributed by atoms with van der Waals surface area (Å²) in [6.45, 7) is 4.09. The summed E-state index contributed by atoms with van der Waals surface area (Å²) >= 11 is 10.3. The van der Waals surface area contributed by atoms with Crippen molar-refractivity contribution in [1.29, 1.82) is 0 Å². The van der Waals surface area contributed by atoms with Gasteiger partial charge >= 0.3 is 11.9 Å². The average molecular weight is 525 g/mol. The van der Waals surface area contributed by atoms with Gasteiger partial charge in [0.05, 0.1) is 47.0 Å². The Hall–Kier alpha value is -4.44. The minimum atomic E-state index is -1.09. The fraction of sp³-hybridized carbons (Fsp3) is 0.100. The highest BCUT2D eigenvalue weighted by molar-refractivity contribution is 7.71. The summed E-state index contributed by atoms with van der Waals surface area (Å²) in [5.41, 5.74) is 2.15. The van der Waals surface area contributed by atoms with Crippen molar-refractivity contribution in [2.24, 2.45) is 0 Å². The Kier molecular flexibility index (Phi) is 6.03. The van der Waals surface area contributed by atoms with Crippen LogP contribution in [0.15, 0.2) is 36.4 Å². The number of hydrogen-bond acceptors (Lipinski definition) is 10. The number of H-pyrrole nitrogens is 2. The lowest BCUT2D eigenvalue weighted by molar-refractivity contribution is 0.0686.